The second-order valence-corrected chi connectivity index (χ2v) is 4.76. The maximum Gasteiger partial charge on any atom is 0.414 e. The number of methoxy groups -OCH3 is 1. The molecule has 1 unspecified atom stereocenters. The molecule has 5 heteroatoms. The van der Waals surface area contributed by atoms with Gasteiger partial charge in [0.1, 0.15) is 6.61 Å². The molecule has 0 spiro atoms. The van der Waals surface area contributed by atoms with E-state index in [9.17, 15) is 4.79 Å². The van der Waals surface area contributed by atoms with E-state index in [0.29, 0.717) is 19.1 Å². The molecular weight excluding hydrogens is 244 g/mol. The number of rotatable bonds is 6. The van der Waals surface area contributed by atoms with Crippen LogP contribution in [0.4, 0.5) is 16.2 Å². The van der Waals surface area contributed by atoms with Gasteiger partial charge in [-0.05, 0) is 24.1 Å². The summed E-state index contributed by atoms with van der Waals surface area (Å²) in [6.07, 6.45) is -0.273. The summed E-state index contributed by atoms with van der Waals surface area (Å²) in [7, 11) is 1.70. The molecule has 0 aliphatic carbocycles. The van der Waals surface area contributed by atoms with Gasteiger partial charge < -0.3 is 14.8 Å². The first-order valence-corrected chi connectivity index (χ1v) is 6.48. The number of nitrogens with one attached hydrogen (secondary N) is 1. The van der Waals surface area contributed by atoms with E-state index in [0.717, 1.165) is 24.5 Å². The lowest BCUT2D eigenvalue weighted by atomic mass is 10.2. The van der Waals surface area contributed by atoms with Crippen LogP contribution in [-0.2, 0) is 9.47 Å². The van der Waals surface area contributed by atoms with Crippen molar-refractivity contribution in [2.45, 2.75) is 6.92 Å². The summed E-state index contributed by atoms with van der Waals surface area (Å²) in [5.74, 6) is 0.436. The monoisotopic (exact) mass is 264 g/mol. The third-order valence-corrected chi connectivity index (χ3v) is 3.02. The lowest BCUT2D eigenvalue weighted by Gasteiger charge is -2.16. The highest BCUT2D eigenvalue weighted by atomic mass is 16.6. The average molecular weight is 264 g/mol. The van der Waals surface area contributed by atoms with E-state index in [4.69, 9.17) is 9.47 Å². The molecule has 1 heterocycles. The molecule has 1 aromatic rings. The number of benzene rings is 1. The number of carbonyl (C=O) groups is 1. The second kappa shape index (κ2) is 6.43. The molecule has 1 aliphatic rings. The van der Waals surface area contributed by atoms with Crippen molar-refractivity contribution in [3.63, 3.8) is 0 Å². The highest BCUT2D eigenvalue weighted by Gasteiger charge is 2.23. The molecule has 0 bridgehead atoms. The van der Waals surface area contributed by atoms with Crippen molar-refractivity contribution in [1.82, 2.24) is 0 Å². The molecule has 19 heavy (non-hydrogen) atoms. The van der Waals surface area contributed by atoms with Crippen LogP contribution < -0.4 is 10.2 Å². The van der Waals surface area contributed by atoms with Crippen molar-refractivity contribution in [3.05, 3.63) is 24.3 Å². The number of hydrogen-bond acceptors (Lipinski definition) is 4. The third-order valence-electron chi connectivity index (χ3n) is 3.02. The molecule has 104 valence electrons. The van der Waals surface area contributed by atoms with Crippen molar-refractivity contribution in [2.24, 2.45) is 5.92 Å². The number of hydrogen-bond donors (Lipinski definition) is 1. The first-order chi connectivity index (χ1) is 9.20. The highest BCUT2D eigenvalue weighted by Crippen LogP contribution is 2.22. The van der Waals surface area contributed by atoms with Gasteiger partial charge in [0.15, 0.2) is 0 Å². The minimum atomic E-state index is -0.273. The average Bonchev–Trinajstić information content (AvgIpc) is 2.83. The van der Waals surface area contributed by atoms with E-state index in [1.807, 2.05) is 24.3 Å². The Labute approximate surface area is 113 Å². The molecule has 1 fully saturated rings. The van der Waals surface area contributed by atoms with Gasteiger partial charge in [0.25, 0.3) is 0 Å². The zero-order chi connectivity index (χ0) is 13.7. The zero-order valence-electron chi connectivity index (χ0n) is 11.4. The Kier molecular flexibility index (Phi) is 4.63. The molecule has 1 atom stereocenters. The van der Waals surface area contributed by atoms with Gasteiger partial charge in [-0.2, -0.15) is 0 Å². The molecule has 5 nitrogen and oxygen atoms in total. The first-order valence-electron chi connectivity index (χ1n) is 6.48. The number of amides is 1. The molecular formula is C14H20N2O3. The summed E-state index contributed by atoms with van der Waals surface area (Å²) in [5, 5.41) is 3.35. The van der Waals surface area contributed by atoms with Crippen LogP contribution in [0.3, 0.4) is 0 Å². The SMILES string of the molecule is COCC(C)CNc1cccc(N2CCOC2=O)c1. The fourth-order valence-electron chi connectivity index (χ4n) is 2.05. The Morgan fingerprint density at radius 2 is 2.37 bits per heavy atom. The number of ether oxygens (including phenoxy) is 2. The molecule has 2 rings (SSSR count). The normalized spacial score (nSPS) is 16.3. The summed E-state index contributed by atoms with van der Waals surface area (Å²) in [5.41, 5.74) is 1.87. The molecule has 0 aromatic heterocycles. The van der Waals surface area contributed by atoms with E-state index >= 15 is 0 Å². The molecule has 1 aromatic carbocycles. The molecule has 1 amide bonds. The Balaban J connectivity index is 1.97. The van der Waals surface area contributed by atoms with E-state index < -0.39 is 0 Å². The second-order valence-electron chi connectivity index (χ2n) is 4.76. The zero-order valence-corrected chi connectivity index (χ0v) is 11.4. The van der Waals surface area contributed by atoms with Gasteiger partial charge >= 0.3 is 6.09 Å². The van der Waals surface area contributed by atoms with Crippen LogP contribution in [0.25, 0.3) is 0 Å². The third kappa shape index (κ3) is 3.61. The van der Waals surface area contributed by atoms with Gasteiger partial charge in [0.05, 0.1) is 13.2 Å². The Morgan fingerprint density at radius 1 is 1.53 bits per heavy atom. The maximum absolute atomic E-state index is 11.5. The van der Waals surface area contributed by atoms with Gasteiger partial charge in [0.2, 0.25) is 0 Å². The van der Waals surface area contributed by atoms with Gasteiger partial charge in [0, 0.05) is 25.0 Å². The highest BCUT2D eigenvalue weighted by molar-refractivity contribution is 5.89. The lowest BCUT2D eigenvalue weighted by molar-refractivity contribution is 0.164. The predicted molar refractivity (Wildman–Crippen MR) is 74.7 cm³/mol. The molecule has 1 aliphatic heterocycles. The predicted octanol–water partition coefficient (Wildman–Crippen LogP) is 2.34. The number of cyclic esters (lactones) is 1. The molecule has 1 saturated heterocycles. The van der Waals surface area contributed by atoms with Gasteiger partial charge in [-0.1, -0.05) is 13.0 Å². The number of nitrogens with zero attached hydrogens (tertiary/aromatic N) is 1. The summed E-state index contributed by atoms with van der Waals surface area (Å²) in [6.45, 7) is 4.76. The van der Waals surface area contributed by atoms with Crippen LogP contribution in [0.2, 0.25) is 0 Å². The van der Waals surface area contributed by atoms with E-state index in [1.165, 1.54) is 0 Å². The van der Waals surface area contributed by atoms with E-state index in [2.05, 4.69) is 12.2 Å². The van der Waals surface area contributed by atoms with Crippen LogP contribution >= 0.6 is 0 Å². The Hall–Kier alpha value is -1.75. The number of anilines is 2. The van der Waals surface area contributed by atoms with Crippen LogP contribution in [-0.4, -0.2) is 39.5 Å². The van der Waals surface area contributed by atoms with Crippen molar-refractivity contribution in [2.75, 3.05) is 43.6 Å². The van der Waals surface area contributed by atoms with Gasteiger partial charge in [-0.25, -0.2) is 4.79 Å². The molecule has 0 saturated carbocycles. The summed E-state index contributed by atoms with van der Waals surface area (Å²) in [4.78, 5) is 13.1. The minimum absolute atomic E-state index is 0.273. The van der Waals surface area contributed by atoms with Crippen molar-refractivity contribution in [1.29, 1.82) is 0 Å². The standard InChI is InChI=1S/C14H20N2O3/c1-11(10-18-2)9-15-12-4-3-5-13(8-12)16-6-7-19-14(16)17/h3-5,8,11,15H,6-7,9-10H2,1-2H3. The quantitative estimate of drug-likeness (QED) is 0.856. The van der Waals surface area contributed by atoms with Gasteiger partial charge in [-0.15, -0.1) is 0 Å². The van der Waals surface area contributed by atoms with E-state index in [-0.39, 0.29) is 6.09 Å². The topological polar surface area (TPSA) is 50.8 Å². The van der Waals surface area contributed by atoms with Crippen LogP contribution in [0, 0.1) is 5.92 Å². The maximum atomic E-state index is 11.5. The Morgan fingerprint density at radius 3 is 3.05 bits per heavy atom. The summed E-state index contributed by atoms with van der Waals surface area (Å²) in [6, 6.07) is 7.80. The lowest BCUT2D eigenvalue weighted by Crippen LogP contribution is -2.23. The van der Waals surface area contributed by atoms with E-state index in [1.54, 1.807) is 12.0 Å². The van der Waals surface area contributed by atoms with Crippen molar-refractivity contribution >= 4 is 17.5 Å². The smallest absolute Gasteiger partial charge is 0.414 e. The van der Waals surface area contributed by atoms with Crippen molar-refractivity contribution < 1.29 is 14.3 Å². The van der Waals surface area contributed by atoms with Gasteiger partial charge in [-0.3, -0.25) is 4.90 Å². The summed E-state index contributed by atoms with van der Waals surface area (Å²) < 4.78 is 10.0. The van der Waals surface area contributed by atoms with Crippen LogP contribution in [0.15, 0.2) is 24.3 Å². The molecule has 1 N–H and O–H groups in total. The minimum Gasteiger partial charge on any atom is -0.447 e. The number of carbonyl (C=O) groups excluding carboxylic acids is 1. The fraction of sp³-hybridized carbons (Fsp3) is 0.500. The van der Waals surface area contributed by atoms with Crippen LogP contribution in [0.5, 0.6) is 0 Å². The van der Waals surface area contributed by atoms with Crippen molar-refractivity contribution in [3.8, 4) is 0 Å². The fourth-order valence-corrected chi connectivity index (χ4v) is 2.05. The largest absolute Gasteiger partial charge is 0.447 e. The summed E-state index contributed by atoms with van der Waals surface area (Å²) >= 11 is 0. The van der Waals surface area contributed by atoms with Crippen LogP contribution in [0.1, 0.15) is 6.92 Å². The first kappa shape index (κ1) is 13.7. The molecule has 0 radical (unpaired) electrons. The Bertz CT molecular complexity index is 436.